The zero-order chi connectivity index (χ0) is 20.1. The number of fused-ring (bicyclic) bond motifs is 1. The van der Waals surface area contributed by atoms with Crippen LogP contribution in [0.3, 0.4) is 0 Å². The summed E-state index contributed by atoms with van der Waals surface area (Å²) in [5.41, 5.74) is 2.09. The maximum absolute atomic E-state index is 12.9. The fourth-order valence-electron chi connectivity index (χ4n) is 3.16. The van der Waals surface area contributed by atoms with Crippen LogP contribution in [0.15, 0.2) is 53.3 Å². The number of amides is 1. The van der Waals surface area contributed by atoms with Gasteiger partial charge in [-0.25, -0.2) is 4.68 Å². The van der Waals surface area contributed by atoms with Crippen LogP contribution >= 0.6 is 0 Å². The number of benzene rings is 2. The fraction of sp³-hybridized carbons (Fsp3) is 0.318. The lowest BCUT2D eigenvalue weighted by atomic mass is 10.1. The van der Waals surface area contributed by atoms with E-state index in [1.54, 1.807) is 31.4 Å². The Hall–Kier alpha value is -2.99. The van der Waals surface area contributed by atoms with E-state index in [9.17, 15) is 9.59 Å². The maximum atomic E-state index is 12.9. The highest BCUT2D eigenvalue weighted by molar-refractivity contribution is 6.04. The van der Waals surface area contributed by atoms with Crippen molar-refractivity contribution in [3.63, 3.8) is 0 Å². The number of rotatable bonds is 7. The first-order valence-corrected chi connectivity index (χ1v) is 9.35. The van der Waals surface area contributed by atoms with E-state index in [1.807, 2.05) is 38.1 Å². The highest BCUT2D eigenvalue weighted by Gasteiger charge is 2.17. The minimum Gasteiger partial charge on any atom is -0.380 e. The molecule has 0 spiro atoms. The number of carbonyl (C=O) groups is 1. The molecule has 0 atom stereocenters. The van der Waals surface area contributed by atoms with Gasteiger partial charge in [-0.2, -0.15) is 5.10 Å². The molecule has 0 saturated carbocycles. The van der Waals surface area contributed by atoms with Crippen LogP contribution in [0.2, 0.25) is 0 Å². The average Bonchev–Trinajstić information content (AvgIpc) is 2.69. The number of nitrogens with one attached hydrogen (secondary N) is 1. The van der Waals surface area contributed by atoms with Crippen molar-refractivity contribution in [3.8, 4) is 0 Å². The Balaban J connectivity index is 1.93. The second-order valence-corrected chi connectivity index (χ2v) is 7.16. The number of ether oxygens (including phenoxy) is 1. The molecule has 0 fully saturated rings. The Bertz CT molecular complexity index is 1040. The third kappa shape index (κ3) is 4.28. The number of carbonyl (C=O) groups excluding carboxylic acids is 1. The summed E-state index contributed by atoms with van der Waals surface area (Å²) in [5.74, 6) is -0.0656. The second kappa shape index (κ2) is 8.80. The van der Waals surface area contributed by atoms with Crippen molar-refractivity contribution in [2.24, 2.45) is 5.92 Å². The third-order valence-electron chi connectivity index (χ3n) is 4.48. The molecule has 0 aliphatic rings. The standard InChI is InChI=1S/C22H25N3O3/c1-15(2)13-25-22(27)19-11-7-6-10-18(19)20(24-25)21(26)23-12-16-8-4-5-9-17(16)14-28-3/h4-11,15H,12-14H2,1-3H3,(H,23,26). The first-order chi connectivity index (χ1) is 13.5. The summed E-state index contributed by atoms with van der Waals surface area (Å²) in [6, 6.07) is 14.9. The van der Waals surface area contributed by atoms with Crippen molar-refractivity contribution in [1.82, 2.24) is 15.1 Å². The van der Waals surface area contributed by atoms with Crippen LogP contribution in [-0.4, -0.2) is 22.8 Å². The van der Waals surface area contributed by atoms with Gasteiger partial charge < -0.3 is 10.1 Å². The zero-order valence-corrected chi connectivity index (χ0v) is 16.4. The molecule has 0 saturated heterocycles. The van der Waals surface area contributed by atoms with E-state index < -0.39 is 0 Å². The van der Waals surface area contributed by atoms with Gasteiger partial charge in [0.2, 0.25) is 0 Å². The number of aromatic nitrogens is 2. The van der Waals surface area contributed by atoms with Crippen LogP contribution in [0.5, 0.6) is 0 Å². The van der Waals surface area contributed by atoms with E-state index in [-0.39, 0.29) is 23.1 Å². The quantitative estimate of drug-likeness (QED) is 0.684. The van der Waals surface area contributed by atoms with Crippen molar-refractivity contribution < 1.29 is 9.53 Å². The van der Waals surface area contributed by atoms with Gasteiger partial charge in [0.15, 0.2) is 5.69 Å². The lowest BCUT2D eigenvalue weighted by Crippen LogP contribution is -2.31. The summed E-state index contributed by atoms with van der Waals surface area (Å²) in [4.78, 5) is 25.6. The molecule has 146 valence electrons. The van der Waals surface area contributed by atoms with Gasteiger partial charge in [0, 0.05) is 25.6 Å². The van der Waals surface area contributed by atoms with Crippen LogP contribution < -0.4 is 10.9 Å². The van der Waals surface area contributed by atoms with Crippen molar-refractivity contribution in [1.29, 1.82) is 0 Å². The Morgan fingerprint density at radius 2 is 1.71 bits per heavy atom. The molecule has 0 aliphatic carbocycles. The monoisotopic (exact) mass is 379 g/mol. The van der Waals surface area contributed by atoms with Gasteiger partial charge in [0.05, 0.1) is 12.0 Å². The Kier molecular flexibility index (Phi) is 6.21. The van der Waals surface area contributed by atoms with Gasteiger partial charge in [-0.05, 0) is 23.1 Å². The van der Waals surface area contributed by atoms with Gasteiger partial charge >= 0.3 is 0 Å². The summed E-state index contributed by atoms with van der Waals surface area (Å²) in [7, 11) is 1.64. The molecule has 0 radical (unpaired) electrons. The normalized spacial score (nSPS) is 11.1. The molecular weight excluding hydrogens is 354 g/mol. The molecule has 0 unspecified atom stereocenters. The summed E-state index contributed by atoms with van der Waals surface area (Å²) in [6.45, 7) is 5.32. The minimum atomic E-state index is -0.305. The molecule has 6 heteroatoms. The van der Waals surface area contributed by atoms with Crippen molar-refractivity contribution >= 4 is 16.7 Å². The molecule has 1 amide bonds. The summed E-state index contributed by atoms with van der Waals surface area (Å²) >= 11 is 0. The molecule has 3 aromatic rings. The Morgan fingerprint density at radius 1 is 1.07 bits per heavy atom. The summed E-state index contributed by atoms with van der Waals surface area (Å²) in [5, 5.41) is 8.38. The van der Waals surface area contributed by atoms with Crippen LogP contribution in [0.1, 0.15) is 35.5 Å². The molecule has 2 aromatic carbocycles. The van der Waals surface area contributed by atoms with E-state index in [4.69, 9.17) is 4.74 Å². The lowest BCUT2D eigenvalue weighted by molar-refractivity contribution is 0.0944. The number of nitrogens with zero attached hydrogens (tertiary/aromatic N) is 2. The molecular formula is C22H25N3O3. The molecule has 1 heterocycles. The van der Waals surface area contributed by atoms with Crippen LogP contribution in [0, 0.1) is 5.92 Å². The van der Waals surface area contributed by atoms with Crippen molar-refractivity contribution in [3.05, 3.63) is 75.7 Å². The average molecular weight is 379 g/mol. The van der Waals surface area contributed by atoms with Gasteiger partial charge in [-0.3, -0.25) is 9.59 Å². The summed E-state index contributed by atoms with van der Waals surface area (Å²) in [6.07, 6.45) is 0. The van der Waals surface area contributed by atoms with E-state index in [0.29, 0.717) is 30.5 Å². The first-order valence-electron chi connectivity index (χ1n) is 9.35. The highest BCUT2D eigenvalue weighted by Crippen LogP contribution is 2.15. The minimum absolute atomic E-state index is 0.175. The predicted molar refractivity (Wildman–Crippen MR) is 109 cm³/mol. The Morgan fingerprint density at radius 3 is 2.39 bits per heavy atom. The van der Waals surface area contributed by atoms with Gasteiger partial charge in [-0.15, -0.1) is 0 Å². The van der Waals surface area contributed by atoms with E-state index in [0.717, 1.165) is 11.1 Å². The van der Waals surface area contributed by atoms with Gasteiger partial charge in [0.1, 0.15) is 0 Å². The zero-order valence-electron chi connectivity index (χ0n) is 16.4. The lowest BCUT2D eigenvalue weighted by Gasteiger charge is -2.13. The smallest absolute Gasteiger partial charge is 0.274 e. The number of hydrogen-bond donors (Lipinski definition) is 1. The van der Waals surface area contributed by atoms with E-state index in [1.165, 1.54) is 4.68 Å². The third-order valence-corrected chi connectivity index (χ3v) is 4.48. The van der Waals surface area contributed by atoms with Gasteiger partial charge in [-0.1, -0.05) is 56.3 Å². The van der Waals surface area contributed by atoms with Crippen LogP contribution in [-0.2, 0) is 24.4 Å². The van der Waals surface area contributed by atoms with Crippen LogP contribution in [0.4, 0.5) is 0 Å². The molecule has 0 bridgehead atoms. The van der Waals surface area contributed by atoms with E-state index in [2.05, 4.69) is 10.4 Å². The van der Waals surface area contributed by atoms with Gasteiger partial charge in [0.25, 0.3) is 11.5 Å². The SMILES string of the molecule is COCc1ccccc1CNC(=O)c1nn(CC(C)C)c(=O)c2ccccc12. The number of hydrogen-bond acceptors (Lipinski definition) is 4. The molecule has 0 aliphatic heterocycles. The first kappa shape index (κ1) is 19.8. The second-order valence-electron chi connectivity index (χ2n) is 7.16. The highest BCUT2D eigenvalue weighted by atomic mass is 16.5. The largest absolute Gasteiger partial charge is 0.380 e. The molecule has 1 N–H and O–H groups in total. The van der Waals surface area contributed by atoms with E-state index >= 15 is 0 Å². The molecule has 3 rings (SSSR count). The van der Waals surface area contributed by atoms with Crippen LogP contribution in [0.25, 0.3) is 10.8 Å². The Labute approximate surface area is 164 Å². The molecule has 1 aromatic heterocycles. The predicted octanol–water partition coefficient (Wildman–Crippen LogP) is 3.13. The molecule has 28 heavy (non-hydrogen) atoms. The summed E-state index contributed by atoms with van der Waals surface area (Å²) < 4.78 is 6.61. The van der Waals surface area contributed by atoms with Crippen molar-refractivity contribution in [2.75, 3.05) is 7.11 Å². The van der Waals surface area contributed by atoms with Crippen molar-refractivity contribution in [2.45, 2.75) is 33.5 Å². The topological polar surface area (TPSA) is 73.2 Å². The number of methoxy groups -OCH3 is 1. The maximum Gasteiger partial charge on any atom is 0.274 e. The molecule has 6 nitrogen and oxygen atoms in total. The fourth-order valence-corrected chi connectivity index (χ4v) is 3.16.